The normalized spacial score (nSPS) is 23.2. The molecule has 2 aromatic carbocycles. The molecule has 2 unspecified atom stereocenters. The number of halogens is 1. The SMILES string of the molecule is COc1ccc(C2=CC3COCC(C2)N3Cc2ccccc2)cc1F. The van der Waals surface area contributed by atoms with Gasteiger partial charge in [0.15, 0.2) is 11.6 Å². The van der Waals surface area contributed by atoms with Crippen molar-refractivity contribution in [2.24, 2.45) is 0 Å². The van der Waals surface area contributed by atoms with Gasteiger partial charge in [0.2, 0.25) is 0 Å². The van der Waals surface area contributed by atoms with Crippen LogP contribution in [-0.4, -0.2) is 37.3 Å². The lowest BCUT2D eigenvalue weighted by molar-refractivity contribution is -0.0402. The van der Waals surface area contributed by atoms with Gasteiger partial charge in [-0.3, -0.25) is 4.90 Å². The fraction of sp³-hybridized carbons (Fsp3) is 0.333. The van der Waals surface area contributed by atoms with Crippen LogP contribution in [0.1, 0.15) is 17.5 Å². The first-order valence-corrected chi connectivity index (χ1v) is 8.66. The molecule has 2 bridgehead atoms. The van der Waals surface area contributed by atoms with Crippen molar-refractivity contribution in [1.82, 2.24) is 4.90 Å². The van der Waals surface area contributed by atoms with Crippen molar-refractivity contribution in [3.8, 4) is 5.75 Å². The number of benzene rings is 2. The van der Waals surface area contributed by atoms with Gasteiger partial charge in [-0.25, -0.2) is 4.39 Å². The molecule has 0 aliphatic carbocycles. The monoisotopic (exact) mass is 339 g/mol. The molecule has 2 aliphatic heterocycles. The van der Waals surface area contributed by atoms with E-state index in [1.807, 2.05) is 12.1 Å². The van der Waals surface area contributed by atoms with Crippen LogP contribution in [0.4, 0.5) is 4.39 Å². The van der Waals surface area contributed by atoms with E-state index in [9.17, 15) is 4.39 Å². The molecule has 2 aromatic rings. The van der Waals surface area contributed by atoms with E-state index in [4.69, 9.17) is 9.47 Å². The molecule has 0 aromatic heterocycles. The fourth-order valence-electron chi connectivity index (χ4n) is 3.78. The minimum absolute atomic E-state index is 0.230. The van der Waals surface area contributed by atoms with Crippen molar-refractivity contribution < 1.29 is 13.9 Å². The van der Waals surface area contributed by atoms with Gasteiger partial charge in [-0.15, -0.1) is 0 Å². The van der Waals surface area contributed by atoms with Crippen molar-refractivity contribution in [1.29, 1.82) is 0 Å². The number of rotatable bonds is 4. The molecule has 2 heterocycles. The Bertz CT molecular complexity index is 775. The zero-order valence-corrected chi connectivity index (χ0v) is 14.3. The largest absolute Gasteiger partial charge is 0.494 e. The molecule has 0 spiro atoms. The summed E-state index contributed by atoms with van der Waals surface area (Å²) in [6.45, 7) is 2.32. The topological polar surface area (TPSA) is 21.7 Å². The molecule has 2 aliphatic rings. The Balaban J connectivity index is 1.59. The third-order valence-corrected chi connectivity index (χ3v) is 5.07. The summed E-state index contributed by atoms with van der Waals surface area (Å²) < 4.78 is 24.9. The Morgan fingerprint density at radius 3 is 2.72 bits per heavy atom. The van der Waals surface area contributed by atoms with Crippen LogP contribution in [0, 0.1) is 5.82 Å². The van der Waals surface area contributed by atoms with Crippen LogP contribution in [0.3, 0.4) is 0 Å². The quantitative estimate of drug-likeness (QED) is 0.843. The van der Waals surface area contributed by atoms with Crippen LogP contribution in [0.2, 0.25) is 0 Å². The lowest BCUT2D eigenvalue weighted by atomic mass is 9.89. The van der Waals surface area contributed by atoms with Crippen LogP contribution < -0.4 is 4.74 Å². The van der Waals surface area contributed by atoms with Gasteiger partial charge in [0.25, 0.3) is 0 Å². The summed E-state index contributed by atoms with van der Waals surface area (Å²) >= 11 is 0. The van der Waals surface area contributed by atoms with Crippen LogP contribution >= 0.6 is 0 Å². The molecular formula is C21H22FNO2. The summed E-state index contributed by atoms with van der Waals surface area (Å²) in [5.41, 5.74) is 3.45. The average Bonchev–Trinajstić information content (AvgIpc) is 2.62. The van der Waals surface area contributed by atoms with E-state index in [2.05, 4.69) is 35.2 Å². The van der Waals surface area contributed by atoms with Gasteiger partial charge in [0, 0.05) is 12.6 Å². The molecular weight excluding hydrogens is 317 g/mol. The Kier molecular flexibility index (Phi) is 4.55. The fourth-order valence-corrected chi connectivity index (χ4v) is 3.78. The molecule has 2 atom stereocenters. The number of ether oxygens (including phenoxy) is 2. The van der Waals surface area contributed by atoms with E-state index in [0.717, 1.165) is 25.1 Å². The third kappa shape index (κ3) is 3.32. The molecule has 130 valence electrons. The summed E-state index contributed by atoms with van der Waals surface area (Å²) in [5, 5.41) is 0. The van der Waals surface area contributed by atoms with Crippen LogP contribution in [-0.2, 0) is 11.3 Å². The molecule has 0 radical (unpaired) electrons. The summed E-state index contributed by atoms with van der Waals surface area (Å²) in [4.78, 5) is 2.50. The highest BCUT2D eigenvalue weighted by Crippen LogP contribution is 2.34. The highest BCUT2D eigenvalue weighted by Gasteiger charge is 2.34. The Morgan fingerprint density at radius 2 is 2.00 bits per heavy atom. The lowest BCUT2D eigenvalue weighted by Gasteiger charge is -2.44. The van der Waals surface area contributed by atoms with Gasteiger partial charge >= 0.3 is 0 Å². The Hall–Kier alpha value is -2.17. The number of fused-ring (bicyclic) bond motifs is 2. The third-order valence-electron chi connectivity index (χ3n) is 5.07. The highest BCUT2D eigenvalue weighted by atomic mass is 19.1. The molecule has 4 heteroatoms. The van der Waals surface area contributed by atoms with Gasteiger partial charge in [-0.2, -0.15) is 0 Å². The molecule has 1 saturated heterocycles. The molecule has 0 saturated carbocycles. The van der Waals surface area contributed by atoms with Gasteiger partial charge in [0.05, 0.1) is 26.4 Å². The van der Waals surface area contributed by atoms with E-state index >= 15 is 0 Å². The first kappa shape index (κ1) is 16.3. The van der Waals surface area contributed by atoms with Crippen LogP contribution in [0.5, 0.6) is 5.75 Å². The Morgan fingerprint density at radius 1 is 1.16 bits per heavy atom. The number of nitrogens with zero attached hydrogens (tertiary/aromatic N) is 1. The van der Waals surface area contributed by atoms with Gasteiger partial charge in [-0.05, 0) is 35.3 Å². The van der Waals surface area contributed by atoms with Crippen LogP contribution in [0.15, 0.2) is 54.6 Å². The minimum Gasteiger partial charge on any atom is -0.494 e. The van der Waals surface area contributed by atoms with Crippen molar-refractivity contribution in [2.45, 2.75) is 25.0 Å². The first-order valence-electron chi connectivity index (χ1n) is 8.66. The standard InChI is InChI=1S/C21H22FNO2/c1-24-21-8-7-16(11-20(21)22)17-9-18-13-25-14-19(10-17)23(18)12-15-5-3-2-4-6-15/h2-9,11,18-19H,10,12-14H2,1H3. The zero-order chi connectivity index (χ0) is 17.2. The first-order chi connectivity index (χ1) is 12.2. The van der Waals surface area contributed by atoms with E-state index in [1.165, 1.54) is 18.2 Å². The van der Waals surface area contributed by atoms with E-state index in [-0.39, 0.29) is 17.6 Å². The van der Waals surface area contributed by atoms with E-state index in [0.29, 0.717) is 12.6 Å². The number of hydrogen-bond acceptors (Lipinski definition) is 3. The molecule has 4 rings (SSSR count). The van der Waals surface area contributed by atoms with Gasteiger partial charge in [0.1, 0.15) is 0 Å². The van der Waals surface area contributed by atoms with Crippen molar-refractivity contribution in [3.05, 3.63) is 71.6 Å². The van der Waals surface area contributed by atoms with E-state index in [1.54, 1.807) is 12.1 Å². The summed E-state index contributed by atoms with van der Waals surface area (Å²) in [6, 6.07) is 16.3. The maximum atomic E-state index is 14.1. The van der Waals surface area contributed by atoms with Crippen molar-refractivity contribution >= 4 is 5.57 Å². The summed E-state index contributed by atoms with van der Waals surface area (Å²) in [5.74, 6) is -0.0246. The van der Waals surface area contributed by atoms with Gasteiger partial charge in [-0.1, -0.05) is 42.5 Å². The predicted molar refractivity (Wildman–Crippen MR) is 95.9 cm³/mol. The molecule has 3 nitrogen and oxygen atoms in total. The van der Waals surface area contributed by atoms with Crippen LogP contribution in [0.25, 0.3) is 5.57 Å². The number of methoxy groups -OCH3 is 1. The predicted octanol–water partition coefficient (Wildman–Crippen LogP) is 3.89. The summed E-state index contributed by atoms with van der Waals surface area (Å²) in [7, 11) is 1.49. The molecule has 0 amide bonds. The smallest absolute Gasteiger partial charge is 0.165 e. The number of morpholine rings is 1. The Labute approximate surface area is 147 Å². The molecule has 0 N–H and O–H groups in total. The van der Waals surface area contributed by atoms with E-state index < -0.39 is 0 Å². The number of hydrogen-bond donors (Lipinski definition) is 0. The minimum atomic E-state index is -0.311. The summed E-state index contributed by atoms with van der Waals surface area (Å²) in [6.07, 6.45) is 3.11. The highest BCUT2D eigenvalue weighted by molar-refractivity contribution is 5.68. The second-order valence-electron chi connectivity index (χ2n) is 6.66. The van der Waals surface area contributed by atoms with Crippen molar-refractivity contribution in [3.63, 3.8) is 0 Å². The zero-order valence-electron chi connectivity index (χ0n) is 14.3. The van der Waals surface area contributed by atoms with Gasteiger partial charge < -0.3 is 9.47 Å². The maximum absolute atomic E-state index is 14.1. The second kappa shape index (κ2) is 6.98. The molecule has 25 heavy (non-hydrogen) atoms. The second-order valence-corrected chi connectivity index (χ2v) is 6.66. The van der Waals surface area contributed by atoms with Crippen molar-refractivity contribution in [2.75, 3.05) is 20.3 Å². The molecule has 1 fully saturated rings. The lowest BCUT2D eigenvalue weighted by Crippen LogP contribution is -2.53. The maximum Gasteiger partial charge on any atom is 0.165 e. The average molecular weight is 339 g/mol.